The van der Waals surface area contributed by atoms with Crippen molar-refractivity contribution in [3.63, 3.8) is 0 Å². The quantitative estimate of drug-likeness (QED) is 0.298. The van der Waals surface area contributed by atoms with Crippen molar-refractivity contribution in [1.29, 1.82) is 0 Å². The van der Waals surface area contributed by atoms with Crippen LogP contribution in [-0.4, -0.2) is 40.7 Å². The molecular formula is C29H29Cl2N5O. The maximum atomic E-state index is 6.43. The molecule has 1 saturated heterocycles. The zero-order valence-corrected chi connectivity index (χ0v) is 22.2. The van der Waals surface area contributed by atoms with Crippen molar-refractivity contribution in [2.45, 2.75) is 19.0 Å². The third kappa shape index (κ3) is 5.62. The molecule has 3 aromatic carbocycles. The molecule has 190 valence electrons. The molecule has 0 saturated carbocycles. The largest absolute Gasteiger partial charge is 0.495 e. The zero-order chi connectivity index (χ0) is 25.9. The van der Waals surface area contributed by atoms with Gasteiger partial charge in [0.1, 0.15) is 5.75 Å². The van der Waals surface area contributed by atoms with Gasteiger partial charge in [0.25, 0.3) is 0 Å². The molecular weight excluding hydrogens is 505 g/mol. The van der Waals surface area contributed by atoms with Gasteiger partial charge in [-0.25, -0.2) is 4.98 Å². The molecule has 2 heterocycles. The van der Waals surface area contributed by atoms with Crippen molar-refractivity contribution in [1.82, 2.24) is 19.8 Å². The number of hydrogen-bond donors (Lipinski definition) is 2. The first-order valence-electron chi connectivity index (χ1n) is 12.1. The van der Waals surface area contributed by atoms with Crippen molar-refractivity contribution in [3.05, 3.63) is 118 Å². The van der Waals surface area contributed by atoms with E-state index in [0.717, 1.165) is 45.8 Å². The molecule has 0 bridgehead atoms. The van der Waals surface area contributed by atoms with Crippen LogP contribution in [0.3, 0.4) is 0 Å². The summed E-state index contributed by atoms with van der Waals surface area (Å²) in [5, 5.41) is 4.94. The lowest BCUT2D eigenvalue weighted by Gasteiger charge is -2.45. The molecule has 0 unspecified atom stereocenters. The summed E-state index contributed by atoms with van der Waals surface area (Å²) in [6, 6.07) is 22.4. The van der Waals surface area contributed by atoms with Crippen LogP contribution < -0.4 is 15.8 Å². The Morgan fingerprint density at radius 3 is 2.19 bits per heavy atom. The summed E-state index contributed by atoms with van der Waals surface area (Å²) in [6.07, 6.45) is 5.62. The predicted octanol–water partition coefficient (Wildman–Crippen LogP) is 5.82. The van der Waals surface area contributed by atoms with Gasteiger partial charge in [-0.2, -0.15) is 0 Å². The van der Waals surface area contributed by atoms with E-state index in [2.05, 4.69) is 39.5 Å². The zero-order valence-electron chi connectivity index (χ0n) is 20.7. The number of halogens is 2. The maximum Gasteiger partial charge on any atom is 0.143 e. The molecule has 37 heavy (non-hydrogen) atoms. The van der Waals surface area contributed by atoms with E-state index in [4.69, 9.17) is 33.7 Å². The number of rotatable bonds is 8. The summed E-state index contributed by atoms with van der Waals surface area (Å²) in [7, 11) is 1.66. The number of nitrogens with zero attached hydrogens (tertiary/aromatic N) is 3. The van der Waals surface area contributed by atoms with Gasteiger partial charge in [-0.05, 0) is 54.4 Å². The molecule has 0 aliphatic carbocycles. The molecule has 4 aromatic rings. The number of benzene rings is 3. The van der Waals surface area contributed by atoms with Crippen LogP contribution in [0.15, 0.2) is 85.5 Å². The Morgan fingerprint density at radius 2 is 1.65 bits per heavy atom. The van der Waals surface area contributed by atoms with E-state index in [1.54, 1.807) is 13.4 Å². The van der Waals surface area contributed by atoms with Crippen LogP contribution in [0, 0.1) is 6.92 Å². The second-order valence-electron chi connectivity index (χ2n) is 9.23. The van der Waals surface area contributed by atoms with E-state index in [-0.39, 0.29) is 12.1 Å². The van der Waals surface area contributed by atoms with Crippen LogP contribution >= 0.6 is 23.2 Å². The molecule has 3 N–H and O–H groups in total. The highest BCUT2D eigenvalue weighted by Crippen LogP contribution is 2.34. The van der Waals surface area contributed by atoms with Gasteiger partial charge in [0, 0.05) is 41.1 Å². The number of aromatic nitrogens is 2. The third-order valence-electron chi connectivity index (χ3n) is 6.62. The number of nitrogens with two attached hydrogens (primary N) is 1. The minimum atomic E-state index is 0.123. The summed E-state index contributed by atoms with van der Waals surface area (Å²) < 4.78 is 7.56. The number of likely N-dealkylation sites (tertiary alicyclic amines) is 1. The van der Waals surface area contributed by atoms with Crippen molar-refractivity contribution in [3.8, 4) is 11.4 Å². The number of hydrogen-bond acceptors (Lipinski definition) is 5. The summed E-state index contributed by atoms with van der Waals surface area (Å²) in [4.78, 5) is 6.73. The Kier molecular flexibility index (Phi) is 7.42. The average Bonchev–Trinajstić information content (AvgIpc) is 3.32. The van der Waals surface area contributed by atoms with Gasteiger partial charge in [-0.15, -0.1) is 0 Å². The van der Waals surface area contributed by atoms with Gasteiger partial charge < -0.3 is 20.4 Å². The van der Waals surface area contributed by atoms with Crippen LogP contribution in [0.4, 0.5) is 0 Å². The van der Waals surface area contributed by atoms with Gasteiger partial charge in [0.05, 0.1) is 42.6 Å². The van der Waals surface area contributed by atoms with E-state index < -0.39 is 0 Å². The Hall–Kier alpha value is -3.45. The van der Waals surface area contributed by atoms with Gasteiger partial charge in [0.15, 0.2) is 0 Å². The van der Waals surface area contributed by atoms with Crippen LogP contribution in [0.2, 0.25) is 10.0 Å². The summed E-state index contributed by atoms with van der Waals surface area (Å²) >= 11 is 12.3. The fourth-order valence-electron chi connectivity index (χ4n) is 4.65. The smallest absolute Gasteiger partial charge is 0.143 e. The van der Waals surface area contributed by atoms with E-state index >= 15 is 0 Å². The molecule has 0 atom stereocenters. The van der Waals surface area contributed by atoms with E-state index in [1.807, 2.05) is 66.4 Å². The molecule has 1 fully saturated rings. The summed E-state index contributed by atoms with van der Waals surface area (Å²) in [5.74, 6) is 0.731. The number of aryl methyl sites for hydroxylation is 1. The number of nitrogens with one attached hydrogen (secondary N) is 1. The fourth-order valence-corrected chi connectivity index (χ4v) is 4.90. The topological polar surface area (TPSA) is 68.3 Å². The number of methoxy groups -OCH3 is 1. The Balaban J connectivity index is 1.27. The van der Waals surface area contributed by atoms with Crippen LogP contribution in [0.5, 0.6) is 5.75 Å². The molecule has 1 aromatic heterocycles. The molecule has 0 spiro atoms. The van der Waals surface area contributed by atoms with Crippen molar-refractivity contribution in [2.75, 3.05) is 20.2 Å². The third-order valence-corrected chi connectivity index (χ3v) is 7.13. The normalized spacial score (nSPS) is 14.6. The highest BCUT2D eigenvalue weighted by molar-refractivity contribution is 6.30. The molecule has 1 aliphatic heterocycles. The highest BCUT2D eigenvalue weighted by Gasteiger charge is 2.33. The lowest BCUT2D eigenvalue weighted by atomic mass is 9.93. The first-order chi connectivity index (χ1) is 17.9. The second kappa shape index (κ2) is 10.9. The minimum Gasteiger partial charge on any atom is -0.495 e. The van der Waals surface area contributed by atoms with Crippen LogP contribution in [0.25, 0.3) is 11.4 Å². The molecule has 0 radical (unpaired) electrons. The van der Waals surface area contributed by atoms with Crippen LogP contribution in [0.1, 0.15) is 28.4 Å². The summed E-state index contributed by atoms with van der Waals surface area (Å²) in [5.41, 5.74) is 12.2. The molecule has 0 amide bonds. The van der Waals surface area contributed by atoms with E-state index in [9.17, 15) is 0 Å². The molecule has 5 rings (SSSR count). The molecule has 1 aliphatic rings. The van der Waals surface area contributed by atoms with Crippen molar-refractivity contribution >= 4 is 28.9 Å². The van der Waals surface area contributed by atoms with E-state index in [1.165, 1.54) is 11.1 Å². The van der Waals surface area contributed by atoms with Crippen molar-refractivity contribution < 1.29 is 4.74 Å². The standard InChI is InChI=1S/C29H29Cl2N5O/c1-19-15-36(18-34-19)27-12-7-22(13-28(27)37-2)26(32)14-33-25-16-35(17-25)29(20-3-8-23(30)9-4-20)21-5-10-24(31)11-6-21/h3-15,18,25,29,33H,16-17,32H2,1-2H3/b26-14-. The fraction of sp³-hybridized carbons (Fsp3) is 0.207. The SMILES string of the molecule is COc1cc(/C(N)=C/NC2CN(C(c3ccc(Cl)cc3)c3ccc(Cl)cc3)C2)ccc1-n1cnc(C)c1. The van der Waals surface area contributed by atoms with Gasteiger partial charge in [-0.3, -0.25) is 4.90 Å². The van der Waals surface area contributed by atoms with Gasteiger partial charge in [-0.1, -0.05) is 53.5 Å². The van der Waals surface area contributed by atoms with E-state index in [0.29, 0.717) is 5.70 Å². The first kappa shape index (κ1) is 25.2. The summed E-state index contributed by atoms with van der Waals surface area (Å²) in [6.45, 7) is 3.71. The average molecular weight is 534 g/mol. The van der Waals surface area contributed by atoms with Gasteiger partial charge >= 0.3 is 0 Å². The predicted molar refractivity (Wildman–Crippen MR) is 150 cm³/mol. The monoisotopic (exact) mass is 533 g/mol. The van der Waals surface area contributed by atoms with Crippen molar-refractivity contribution in [2.24, 2.45) is 5.73 Å². The molecule has 6 nitrogen and oxygen atoms in total. The second-order valence-corrected chi connectivity index (χ2v) is 10.1. The Morgan fingerprint density at radius 1 is 1.03 bits per heavy atom. The lowest BCUT2D eigenvalue weighted by molar-refractivity contribution is 0.101. The number of imidazole rings is 1. The Bertz CT molecular complexity index is 1350. The van der Waals surface area contributed by atoms with Gasteiger partial charge in [0.2, 0.25) is 0 Å². The Labute approximate surface area is 227 Å². The number of ether oxygens (including phenoxy) is 1. The van der Waals surface area contributed by atoms with Crippen LogP contribution in [-0.2, 0) is 0 Å². The minimum absolute atomic E-state index is 0.123. The highest BCUT2D eigenvalue weighted by atomic mass is 35.5. The molecule has 8 heteroatoms. The first-order valence-corrected chi connectivity index (χ1v) is 12.8. The maximum absolute atomic E-state index is 6.43. The lowest BCUT2D eigenvalue weighted by Crippen LogP contribution is -2.57.